The molecule has 0 aliphatic carbocycles. The van der Waals surface area contributed by atoms with Gasteiger partial charge in [-0.25, -0.2) is 9.97 Å². The molecule has 8 nitrogen and oxygen atoms in total. The summed E-state index contributed by atoms with van der Waals surface area (Å²) in [6.45, 7) is 8.02. The van der Waals surface area contributed by atoms with Crippen molar-refractivity contribution in [3.63, 3.8) is 0 Å². The molecule has 0 spiro atoms. The van der Waals surface area contributed by atoms with E-state index in [9.17, 15) is 4.79 Å². The van der Waals surface area contributed by atoms with Crippen molar-refractivity contribution in [3.8, 4) is 0 Å². The van der Waals surface area contributed by atoms with Gasteiger partial charge in [0, 0.05) is 19.8 Å². The average Bonchev–Trinajstić information content (AvgIpc) is 3.09. The quantitative estimate of drug-likeness (QED) is 0.758. The number of rotatable bonds is 5. The third-order valence-electron chi connectivity index (χ3n) is 4.41. The summed E-state index contributed by atoms with van der Waals surface area (Å²) in [5.74, 6) is 0.999. The standard InChI is InChI=1S/C18H25N7O/c1-10(2)7-14(16-19-9-20-24(16)5)22-18(26)13-8-11(3)21-17-15(13)12(4)23-25(17)6/h8-10,14H,7H2,1-6H3,(H,22,26). The number of aromatic nitrogens is 6. The number of hydrogen-bond donors (Lipinski definition) is 1. The number of amides is 1. The van der Waals surface area contributed by atoms with E-state index >= 15 is 0 Å². The van der Waals surface area contributed by atoms with Crippen LogP contribution in [0.15, 0.2) is 12.4 Å². The predicted octanol–water partition coefficient (Wildman–Crippen LogP) is 2.23. The van der Waals surface area contributed by atoms with Gasteiger partial charge in [0.25, 0.3) is 5.91 Å². The molecule has 0 aliphatic heterocycles. The first kappa shape index (κ1) is 18.0. The first-order valence-electron chi connectivity index (χ1n) is 8.73. The molecule has 0 aliphatic rings. The van der Waals surface area contributed by atoms with Crippen molar-refractivity contribution in [3.05, 3.63) is 35.2 Å². The molecule has 0 fully saturated rings. The zero-order chi connectivity index (χ0) is 19.0. The Morgan fingerprint density at radius 3 is 2.58 bits per heavy atom. The smallest absolute Gasteiger partial charge is 0.252 e. The van der Waals surface area contributed by atoms with E-state index in [0.717, 1.165) is 29.0 Å². The van der Waals surface area contributed by atoms with Gasteiger partial charge in [0.1, 0.15) is 12.2 Å². The van der Waals surface area contributed by atoms with Gasteiger partial charge in [-0.15, -0.1) is 0 Å². The largest absolute Gasteiger partial charge is 0.342 e. The number of pyridine rings is 1. The summed E-state index contributed by atoms with van der Waals surface area (Å²) < 4.78 is 3.42. The van der Waals surface area contributed by atoms with E-state index < -0.39 is 0 Å². The monoisotopic (exact) mass is 355 g/mol. The zero-order valence-electron chi connectivity index (χ0n) is 16.1. The molecule has 3 heterocycles. The van der Waals surface area contributed by atoms with E-state index in [-0.39, 0.29) is 11.9 Å². The first-order chi connectivity index (χ1) is 12.3. The Hall–Kier alpha value is -2.77. The highest BCUT2D eigenvalue weighted by atomic mass is 16.1. The van der Waals surface area contributed by atoms with Crippen LogP contribution < -0.4 is 5.32 Å². The lowest BCUT2D eigenvalue weighted by Gasteiger charge is -2.20. The number of nitrogens with zero attached hydrogens (tertiary/aromatic N) is 6. The Morgan fingerprint density at radius 1 is 1.23 bits per heavy atom. The molecule has 3 aromatic rings. The molecule has 138 valence electrons. The summed E-state index contributed by atoms with van der Waals surface area (Å²) in [4.78, 5) is 22.0. The topological polar surface area (TPSA) is 90.5 Å². The lowest BCUT2D eigenvalue weighted by molar-refractivity contribution is 0.0930. The van der Waals surface area contributed by atoms with Gasteiger partial charge in [0.2, 0.25) is 0 Å². The van der Waals surface area contributed by atoms with Crippen molar-refractivity contribution in [1.82, 2.24) is 34.8 Å². The van der Waals surface area contributed by atoms with Crippen LogP contribution in [0.2, 0.25) is 0 Å². The number of fused-ring (bicyclic) bond motifs is 1. The third-order valence-corrected chi connectivity index (χ3v) is 4.41. The predicted molar refractivity (Wildman–Crippen MR) is 98.6 cm³/mol. The van der Waals surface area contributed by atoms with Crippen molar-refractivity contribution >= 4 is 16.9 Å². The Bertz CT molecular complexity index is 954. The number of aryl methyl sites for hydroxylation is 4. The Labute approximate surface area is 152 Å². The molecule has 1 amide bonds. The maximum absolute atomic E-state index is 13.1. The van der Waals surface area contributed by atoms with Crippen LogP contribution >= 0.6 is 0 Å². The van der Waals surface area contributed by atoms with Gasteiger partial charge < -0.3 is 5.32 Å². The van der Waals surface area contributed by atoms with Crippen molar-refractivity contribution < 1.29 is 4.79 Å². The van der Waals surface area contributed by atoms with E-state index in [4.69, 9.17) is 0 Å². The van der Waals surface area contributed by atoms with E-state index in [1.165, 1.54) is 6.33 Å². The molecular formula is C18H25N7O. The van der Waals surface area contributed by atoms with Gasteiger partial charge >= 0.3 is 0 Å². The Balaban J connectivity index is 2.00. The normalized spacial score (nSPS) is 12.7. The lowest BCUT2D eigenvalue weighted by atomic mass is 10.0. The van der Waals surface area contributed by atoms with Crippen LogP contribution in [0.4, 0.5) is 0 Å². The molecule has 26 heavy (non-hydrogen) atoms. The van der Waals surface area contributed by atoms with Crippen molar-refractivity contribution in [2.24, 2.45) is 20.0 Å². The molecule has 0 bridgehead atoms. The molecule has 1 N–H and O–H groups in total. The molecule has 3 rings (SSSR count). The van der Waals surface area contributed by atoms with Crippen LogP contribution in [0.1, 0.15) is 53.9 Å². The van der Waals surface area contributed by atoms with E-state index in [2.05, 4.69) is 39.3 Å². The fraction of sp³-hybridized carbons (Fsp3) is 0.500. The van der Waals surface area contributed by atoms with Crippen molar-refractivity contribution in [1.29, 1.82) is 0 Å². The van der Waals surface area contributed by atoms with Crippen molar-refractivity contribution in [2.45, 2.75) is 40.2 Å². The van der Waals surface area contributed by atoms with Crippen LogP contribution in [-0.4, -0.2) is 35.4 Å². The minimum atomic E-state index is -0.213. The molecule has 1 atom stereocenters. The zero-order valence-corrected chi connectivity index (χ0v) is 16.1. The molecule has 8 heteroatoms. The summed E-state index contributed by atoms with van der Waals surface area (Å²) in [7, 11) is 3.67. The van der Waals surface area contributed by atoms with Crippen LogP contribution in [0.5, 0.6) is 0 Å². The summed E-state index contributed by atoms with van der Waals surface area (Å²) in [5.41, 5.74) is 2.88. The second-order valence-corrected chi connectivity index (χ2v) is 7.12. The maximum atomic E-state index is 13.1. The van der Waals surface area contributed by atoms with Crippen LogP contribution in [0.3, 0.4) is 0 Å². The van der Waals surface area contributed by atoms with Gasteiger partial charge in [-0.1, -0.05) is 13.8 Å². The van der Waals surface area contributed by atoms with Gasteiger partial charge in [-0.3, -0.25) is 14.2 Å². The average molecular weight is 355 g/mol. The fourth-order valence-electron chi connectivity index (χ4n) is 3.31. The fourth-order valence-corrected chi connectivity index (χ4v) is 3.31. The SMILES string of the molecule is Cc1cc(C(=O)NC(CC(C)C)c2ncnn2C)c2c(C)nn(C)c2n1. The van der Waals surface area contributed by atoms with Gasteiger partial charge in [0.15, 0.2) is 5.65 Å². The summed E-state index contributed by atoms with van der Waals surface area (Å²) in [6.07, 6.45) is 2.28. The third kappa shape index (κ3) is 3.31. The van der Waals surface area contributed by atoms with Crippen molar-refractivity contribution in [2.75, 3.05) is 0 Å². The van der Waals surface area contributed by atoms with Gasteiger partial charge in [0.05, 0.1) is 22.7 Å². The summed E-state index contributed by atoms with van der Waals surface area (Å²) in [6, 6.07) is 1.60. The number of carbonyl (C=O) groups is 1. The van der Waals surface area contributed by atoms with Gasteiger partial charge in [-0.2, -0.15) is 10.2 Å². The van der Waals surface area contributed by atoms with Crippen LogP contribution in [0, 0.1) is 19.8 Å². The highest BCUT2D eigenvalue weighted by Crippen LogP contribution is 2.24. The molecule has 0 radical (unpaired) electrons. The maximum Gasteiger partial charge on any atom is 0.252 e. The minimum absolute atomic E-state index is 0.148. The highest BCUT2D eigenvalue weighted by Gasteiger charge is 2.24. The van der Waals surface area contributed by atoms with Crippen LogP contribution in [0.25, 0.3) is 11.0 Å². The molecular weight excluding hydrogens is 330 g/mol. The van der Waals surface area contributed by atoms with Gasteiger partial charge in [-0.05, 0) is 32.3 Å². The number of carbonyl (C=O) groups excluding carboxylic acids is 1. The molecule has 1 unspecified atom stereocenters. The number of hydrogen-bond acceptors (Lipinski definition) is 5. The van der Waals surface area contributed by atoms with E-state index in [1.807, 2.05) is 34.0 Å². The second kappa shape index (κ2) is 6.86. The molecule has 0 saturated heterocycles. The first-order valence-corrected chi connectivity index (χ1v) is 8.73. The van der Waals surface area contributed by atoms with E-state index in [0.29, 0.717) is 17.1 Å². The Morgan fingerprint density at radius 2 is 1.96 bits per heavy atom. The number of nitrogens with one attached hydrogen (secondary N) is 1. The minimum Gasteiger partial charge on any atom is -0.342 e. The highest BCUT2D eigenvalue weighted by molar-refractivity contribution is 6.06. The molecule has 0 aromatic carbocycles. The lowest BCUT2D eigenvalue weighted by Crippen LogP contribution is -2.31. The molecule has 0 saturated carbocycles. The summed E-state index contributed by atoms with van der Waals surface area (Å²) >= 11 is 0. The Kier molecular flexibility index (Phi) is 4.76. The van der Waals surface area contributed by atoms with Crippen LogP contribution in [-0.2, 0) is 14.1 Å². The second-order valence-electron chi connectivity index (χ2n) is 7.12. The van der Waals surface area contributed by atoms with E-state index in [1.54, 1.807) is 9.36 Å². The molecule has 3 aromatic heterocycles. The summed E-state index contributed by atoms with van der Waals surface area (Å²) in [5, 5.41) is 12.5.